The number of hydrogen-bond acceptors (Lipinski definition) is 4. The monoisotopic (exact) mass is 425 g/mol. The predicted octanol–water partition coefficient (Wildman–Crippen LogP) is 2.45. The van der Waals surface area contributed by atoms with Crippen molar-refractivity contribution in [3.05, 3.63) is 48.8 Å². The molecule has 1 aromatic carbocycles. The van der Waals surface area contributed by atoms with Gasteiger partial charge in [-0.25, -0.2) is 0 Å². The van der Waals surface area contributed by atoms with E-state index in [9.17, 15) is 4.79 Å². The average Bonchev–Trinajstić information content (AvgIpc) is 3.39. The number of halogens is 2. The van der Waals surface area contributed by atoms with Crippen LogP contribution in [-0.2, 0) is 10.3 Å². The van der Waals surface area contributed by atoms with Crippen molar-refractivity contribution in [3.63, 3.8) is 0 Å². The first kappa shape index (κ1) is 22.5. The first-order chi connectivity index (χ1) is 12.8. The van der Waals surface area contributed by atoms with Crippen LogP contribution in [0.4, 0.5) is 5.69 Å². The second-order valence-corrected chi connectivity index (χ2v) is 7.38. The van der Waals surface area contributed by atoms with Gasteiger partial charge in [0.05, 0.1) is 0 Å². The van der Waals surface area contributed by atoms with E-state index in [0.29, 0.717) is 5.92 Å². The third kappa shape index (κ3) is 4.62. The van der Waals surface area contributed by atoms with Crippen molar-refractivity contribution in [1.29, 1.82) is 0 Å². The highest BCUT2D eigenvalue weighted by Gasteiger charge is 2.42. The Bertz CT molecular complexity index is 719. The summed E-state index contributed by atoms with van der Waals surface area (Å²) in [6, 6.07) is 12.4. The van der Waals surface area contributed by atoms with E-state index in [1.165, 1.54) is 5.69 Å². The number of carbonyl (C=O) groups is 1. The van der Waals surface area contributed by atoms with Crippen molar-refractivity contribution in [3.8, 4) is 0 Å². The van der Waals surface area contributed by atoms with Crippen LogP contribution in [0.25, 0.3) is 0 Å². The summed E-state index contributed by atoms with van der Waals surface area (Å²) in [6.45, 7) is 4.48. The molecule has 1 unspecified atom stereocenters. The van der Waals surface area contributed by atoms with Crippen molar-refractivity contribution >= 4 is 36.4 Å². The van der Waals surface area contributed by atoms with Gasteiger partial charge in [-0.1, -0.05) is 18.2 Å². The Labute approximate surface area is 178 Å². The first-order valence-electron chi connectivity index (χ1n) is 9.57. The largest absolute Gasteiger partial charge is 0.371 e. The molecule has 28 heavy (non-hydrogen) atoms. The molecule has 0 aliphatic carbocycles. The molecule has 1 amide bonds. The molecule has 0 radical (unpaired) electrons. The molecule has 2 saturated heterocycles. The zero-order valence-electron chi connectivity index (χ0n) is 15.9. The van der Waals surface area contributed by atoms with Crippen LogP contribution in [0, 0.1) is 5.92 Å². The summed E-state index contributed by atoms with van der Waals surface area (Å²) in [5.74, 6) is 0.608. The lowest BCUT2D eigenvalue weighted by Gasteiger charge is -2.36. The molecular weight excluding hydrogens is 397 g/mol. The maximum Gasteiger partial charge on any atom is 0.248 e. The normalized spacial score (nSPS) is 20.7. The van der Waals surface area contributed by atoms with Gasteiger partial charge >= 0.3 is 0 Å². The second-order valence-electron chi connectivity index (χ2n) is 7.38. The summed E-state index contributed by atoms with van der Waals surface area (Å²) >= 11 is 0. The number of carbonyl (C=O) groups excluding carboxylic acids is 1. The van der Waals surface area contributed by atoms with Crippen LogP contribution in [0.3, 0.4) is 0 Å². The van der Waals surface area contributed by atoms with Gasteiger partial charge in [-0.2, -0.15) is 5.10 Å². The van der Waals surface area contributed by atoms with E-state index in [1.54, 1.807) is 6.20 Å². The number of aromatic nitrogens is 2. The number of amides is 1. The lowest BCUT2D eigenvalue weighted by atomic mass is 9.87. The quantitative estimate of drug-likeness (QED) is 0.771. The molecule has 1 aromatic heterocycles. The molecule has 3 heterocycles. The van der Waals surface area contributed by atoms with Crippen molar-refractivity contribution in [2.45, 2.75) is 24.8 Å². The summed E-state index contributed by atoms with van der Waals surface area (Å²) in [4.78, 5) is 15.5. The highest BCUT2D eigenvalue weighted by atomic mass is 35.5. The molecule has 2 aliphatic rings. The topological polar surface area (TPSA) is 62.2 Å². The maximum absolute atomic E-state index is 13.1. The van der Waals surface area contributed by atoms with Crippen LogP contribution in [-0.4, -0.2) is 48.4 Å². The molecule has 6 nitrogen and oxygen atoms in total. The standard InChI is InChI=1S/C20H27N5O.2ClH/c26-19(20(8-11-21-12-9-20)25-13-4-10-23-25)22-15-17-7-14-24(16-17)18-5-2-1-3-6-18;;/h1-6,10,13,17,21H,7-9,11-12,14-16H2,(H,22,26);2*1H. The van der Waals surface area contributed by atoms with E-state index in [4.69, 9.17) is 0 Å². The zero-order chi connectivity index (χ0) is 17.8. The van der Waals surface area contributed by atoms with E-state index in [0.717, 1.165) is 52.0 Å². The van der Waals surface area contributed by atoms with Crippen LogP contribution in [0.2, 0.25) is 0 Å². The summed E-state index contributed by atoms with van der Waals surface area (Å²) in [7, 11) is 0. The highest BCUT2D eigenvalue weighted by Crippen LogP contribution is 2.28. The number of anilines is 1. The molecule has 8 heteroatoms. The van der Waals surface area contributed by atoms with Crippen molar-refractivity contribution in [1.82, 2.24) is 20.4 Å². The van der Waals surface area contributed by atoms with Gasteiger partial charge in [0, 0.05) is 37.7 Å². The Morgan fingerprint density at radius 1 is 1.18 bits per heavy atom. The fourth-order valence-electron chi connectivity index (χ4n) is 4.20. The lowest BCUT2D eigenvalue weighted by Crippen LogP contribution is -2.55. The van der Waals surface area contributed by atoms with Gasteiger partial charge in [-0.3, -0.25) is 9.48 Å². The van der Waals surface area contributed by atoms with E-state index < -0.39 is 5.54 Å². The first-order valence-corrected chi connectivity index (χ1v) is 9.57. The zero-order valence-corrected chi connectivity index (χ0v) is 17.6. The molecule has 154 valence electrons. The third-order valence-corrected chi connectivity index (χ3v) is 5.75. The van der Waals surface area contributed by atoms with Gasteiger partial charge in [0.15, 0.2) is 0 Å². The van der Waals surface area contributed by atoms with Gasteiger partial charge < -0.3 is 15.5 Å². The fraction of sp³-hybridized carbons (Fsp3) is 0.500. The predicted molar refractivity (Wildman–Crippen MR) is 117 cm³/mol. The Morgan fingerprint density at radius 2 is 1.93 bits per heavy atom. The van der Waals surface area contributed by atoms with Crippen LogP contribution in [0.5, 0.6) is 0 Å². The van der Waals surface area contributed by atoms with Crippen LogP contribution in [0.1, 0.15) is 19.3 Å². The number of nitrogens with one attached hydrogen (secondary N) is 2. The number of rotatable bonds is 5. The van der Waals surface area contributed by atoms with E-state index in [1.807, 2.05) is 23.0 Å². The number of benzene rings is 1. The smallest absolute Gasteiger partial charge is 0.248 e. The highest BCUT2D eigenvalue weighted by molar-refractivity contribution is 5.85. The van der Waals surface area contributed by atoms with Gasteiger partial charge in [0.1, 0.15) is 5.54 Å². The molecule has 1 atom stereocenters. The average molecular weight is 426 g/mol. The Hall–Kier alpha value is -1.76. The summed E-state index contributed by atoms with van der Waals surface area (Å²) in [5, 5.41) is 11.0. The molecule has 0 spiro atoms. The summed E-state index contributed by atoms with van der Waals surface area (Å²) < 4.78 is 1.86. The van der Waals surface area contributed by atoms with Crippen molar-refractivity contribution < 1.29 is 4.79 Å². The molecule has 2 N–H and O–H groups in total. The minimum Gasteiger partial charge on any atom is -0.371 e. The fourth-order valence-corrected chi connectivity index (χ4v) is 4.20. The maximum atomic E-state index is 13.1. The number of piperidine rings is 1. The number of hydrogen-bond donors (Lipinski definition) is 2. The van der Waals surface area contributed by atoms with Crippen molar-refractivity contribution in [2.24, 2.45) is 5.92 Å². The Kier molecular flexibility index (Phi) is 8.16. The second kappa shape index (κ2) is 10.1. The Morgan fingerprint density at radius 3 is 2.61 bits per heavy atom. The van der Waals surface area contributed by atoms with Gasteiger partial charge in [0.25, 0.3) is 0 Å². The molecule has 2 fully saturated rings. The SMILES string of the molecule is Cl.Cl.O=C(NCC1CCN(c2ccccc2)C1)C1(n2cccn2)CCNCC1. The van der Waals surface area contributed by atoms with Crippen LogP contribution in [0.15, 0.2) is 48.8 Å². The van der Waals surface area contributed by atoms with Gasteiger partial charge in [-0.15, -0.1) is 24.8 Å². The summed E-state index contributed by atoms with van der Waals surface area (Å²) in [5.41, 5.74) is 0.722. The van der Waals surface area contributed by atoms with Gasteiger partial charge in [-0.05, 0) is 56.5 Å². The van der Waals surface area contributed by atoms with E-state index in [2.05, 4.69) is 44.9 Å². The van der Waals surface area contributed by atoms with Crippen LogP contribution < -0.4 is 15.5 Å². The Balaban J connectivity index is 0.00000140. The molecule has 2 aromatic rings. The van der Waals surface area contributed by atoms with Gasteiger partial charge in [0.2, 0.25) is 5.91 Å². The van der Waals surface area contributed by atoms with Crippen LogP contribution >= 0.6 is 24.8 Å². The number of nitrogens with zero attached hydrogens (tertiary/aromatic N) is 3. The van der Waals surface area contributed by atoms with Crippen molar-refractivity contribution in [2.75, 3.05) is 37.6 Å². The molecular formula is C20H29Cl2N5O. The minimum atomic E-state index is -0.549. The minimum absolute atomic E-state index is 0. The third-order valence-electron chi connectivity index (χ3n) is 5.75. The molecule has 2 aliphatic heterocycles. The molecule has 4 rings (SSSR count). The molecule has 0 saturated carbocycles. The number of para-hydroxylation sites is 1. The molecule has 0 bridgehead atoms. The van der Waals surface area contributed by atoms with E-state index in [-0.39, 0.29) is 30.7 Å². The lowest BCUT2D eigenvalue weighted by molar-refractivity contribution is -0.132. The van der Waals surface area contributed by atoms with E-state index >= 15 is 0 Å². The summed E-state index contributed by atoms with van der Waals surface area (Å²) in [6.07, 6.45) is 6.34.